The van der Waals surface area contributed by atoms with Gasteiger partial charge in [-0.1, -0.05) is 43.5 Å². The molecule has 0 amide bonds. The van der Waals surface area contributed by atoms with Crippen molar-refractivity contribution in [1.82, 2.24) is 5.32 Å². The van der Waals surface area contributed by atoms with Crippen LogP contribution in [0.5, 0.6) is 0 Å². The highest BCUT2D eigenvalue weighted by atomic mass is 35.5. The molecule has 1 aliphatic carbocycles. The van der Waals surface area contributed by atoms with Gasteiger partial charge in [0.05, 0.1) is 0 Å². The third-order valence-corrected chi connectivity index (χ3v) is 3.60. The normalized spacial score (nSPS) is 17.1. The van der Waals surface area contributed by atoms with Crippen LogP contribution in [0.4, 0.5) is 0 Å². The van der Waals surface area contributed by atoms with Crippen molar-refractivity contribution in [3.63, 3.8) is 0 Å². The molecule has 0 bridgehead atoms. The fourth-order valence-electron chi connectivity index (χ4n) is 2.29. The molecule has 1 saturated carbocycles. The zero-order chi connectivity index (χ0) is 12.1. The van der Waals surface area contributed by atoms with Gasteiger partial charge in [-0.2, -0.15) is 0 Å². The maximum absolute atomic E-state index is 6.03. The minimum Gasteiger partial charge on any atom is -0.314 e. The summed E-state index contributed by atoms with van der Waals surface area (Å²) in [6, 6.07) is 8.89. The van der Waals surface area contributed by atoms with E-state index in [1.165, 1.54) is 31.2 Å². The number of halogens is 1. The maximum Gasteiger partial charge on any atom is 0.0408 e. The Morgan fingerprint density at radius 1 is 1.41 bits per heavy atom. The zero-order valence-corrected chi connectivity index (χ0v) is 11.3. The molecule has 17 heavy (non-hydrogen) atoms. The summed E-state index contributed by atoms with van der Waals surface area (Å²) in [4.78, 5) is 0. The molecule has 1 nitrogen and oxygen atoms in total. The summed E-state index contributed by atoms with van der Waals surface area (Å²) in [5, 5.41) is 4.52. The van der Waals surface area contributed by atoms with E-state index in [2.05, 4.69) is 24.4 Å². The third-order valence-electron chi connectivity index (χ3n) is 3.37. The Balaban J connectivity index is 1.90. The molecule has 1 N–H and O–H groups in total. The van der Waals surface area contributed by atoms with Gasteiger partial charge in [0.1, 0.15) is 0 Å². The molecule has 0 aliphatic heterocycles. The molecule has 1 fully saturated rings. The summed E-state index contributed by atoms with van der Waals surface area (Å²) in [7, 11) is 0. The van der Waals surface area contributed by atoms with Crippen LogP contribution in [-0.2, 0) is 6.42 Å². The van der Waals surface area contributed by atoms with Crippen LogP contribution >= 0.6 is 11.6 Å². The van der Waals surface area contributed by atoms with E-state index in [1.54, 1.807) is 0 Å². The number of hydrogen-bond acceptors (Lipinski definition) is 1. The Labute approximate surface area is 110 Å². The second kappa shape index (κ2) is 6.42. The molecular formula is C15H22ClN. The first-order valence-corrected chi connectivity index (χ1v) is 7.13. The fourth-order valence-corrected chi connectivity index (χ4v) is 2.50. The van der Waals surface area contributed by atoms with Gasteiger partial charge in [0.2, 0.25) is 0 Å². The number of rotatable bonds is 7. The summed E-state index contributed by atoms with van der Waals surface area (Å²) in [5.41, 5.74) is 1.35. The standard InChI is InChI=1S/C15H22ClN/c1-2-8-17-15(10-12-6-7-12)11-13-4-3-5-14(16)9-13/h3-5,9,12,15,17H,2,6-8,10-11H2,1H3. The van der Waals surface area contributed by atoms with Crippen LogP contribution < -0.4 is 5.32 Å². The molecule has 0 spiro atoms. The second-order valence-electron chi connectivity index (χ2n) is 5.16. The van der Waals surface area contributed by atoms with Gasteiger partial charge in [-0.05, 0) is 49.4 Å². The lowest BCUT2D eigenvalue weighted by atomic mass is 10.0. The molecule has 1 aromatic rings. The predicted octanol–water partition coefficient (Wildman–Crippen LogP) is 4.05. The van der Waals surface area contributed by atoms with E-state index in [9.17, 15) is 0 Å². The van der Waals surface area contributed by atoms with Crippen molar-refractivity contribution in [1.29, 1.82) is 0 Å². The highest BCUT2D eigenvalue weighted by Crippen LogP contribution is 2.34. The molecule has 1 aromatic carbocycles. The first-order chi connectivity index (χ1) is 8.28. The van der Waals surface area contributed by atoms with Gasteiger partial charge in [0, 0.05) is 11.1 Å². The average Bonchev–Trinajstić information content (AvgIpc) is 3.10. The molecule has 0 saturated heterocycles. The lowest BCUT2D eigenvalue weighted by Crippen LogP contribution is -2.32. The van der Waals surface area contributed by atoms with Gasteiger partial charge in [-0.25, -0.2) is 0 Å². The first-order valence-electron chi connectivity index (χ1n) is 6.75. The van der Waals surface area contributed by atoms with Gasteiger partial charge in [-0.15, -0.1) is 0 Å². The molecule has 1 aliphatic rings. The van der Waals surface area contributed by atoms with Crippen LogP contribution in [0, 0.1) is 5.92 Å². The largest absolute Gasteiger partial charge is 0.314 e. The van der Waals surface area contributed by atoms with Crippen LogP contribution in [0.25, 0.3) is 0 Å². The summed E-state index contributed by atoms with van der Waals surface area (Å²) in [5.74, 6) is 0.976. The molecule has 0 heterocycles. The van der Waals surface area contributed by atoms with Crippen LogP contribution in [0.2, 0.25) is 5.02 Å². The van der Waals surface area contributed by atoms with E-state index < -0.39 is 0 Å². The monoisotopic (exact) mass is 251 g/mol. The highest BCUT2D eigenvalue weighted by molar-refractivity contribution is 6.30. The fraction of sp³-hybridized carbons (Fsp3) is 0.600. The number of benzene rings is 1. The van der Waals surface area contributed by atoms with E-state index in [-0.39, 0.29) is 0 Å². The lowest BCUT2D eigenvalue weighted by Gasteiger charge is -2.18. The van der Waals surface area contributed by atoms with Crippen LogP contribution in [0.15, 0.2) is 24.3 Å². The number of nitrogens with one attached hydrogen (secondary N) is 1. The Bertz CT molecular complexity index is 347. The van der Waals surface area contributed by atoms with Crippen molar-refractivity contribution in [3.8, 4) is 0 Å². The van der Waals surface area contributed by atoms with E-state index in [0.717, 1.165) is 23.9 Å². The van der Waals surface area contributed by atoms with Crippen LogP contribution in [-0.4, -0.2) is 12.6 Å². The molecule has 2 heteroatoms. The van der Waals surface area contributed by atoms with Crippen molar-refractivity contribution < 1.29 is 0 Å². The van der Waals surface area contributed by atoms with Crippen molar-refractivity contribution in [3.05, 3.63) is 34.9 Å². The van der Waals surface area contributed by atoms with Crippen molar-refractivity contribution in [2.45, 2.75) is 45.1 Å². The molecule has 0 aromatic heterocycles. The smallest absolute Gasteiger partial charge is 0.0408 e. The van der Waals surface area contributed by atoms with Crippen molar-refractivity contribution in [2.24, 2.45) is 5.92 Å². The Kier molecular flexibility index (Phi) is 4.87. The second-order valence-corrected chi connectivity index (χ2v) is 5.60. The predicted molar refractivity (Wildman–Crippen MR) is 74.6 cm³/mol. The first kappa shape index (κ1) is 12.9. The van der Waals surface area contributed by atoms with Gasteiger partial charge in [-0.3, -0.25) is 0 Å². The van der Waals surface area contributed by atoms with Crippen LogP contribution in [0.3, 0.4) is 0 Å². The summed E-state index contributed by atoms with van der Waals surface area (Å²) >= 11 is 6.03. The average molecular weight is 252 g/mol. The molecule has 1 atom stereocenters. The zero-order valence-electron chi connectivity index (χ0n) is 10.6. The van der Waals surface area contributed by atoms with Gasteiger partial charge in [0.15, 0.2) is 0 Å². The summed E-state index contributed by atoms with van der Waals surface area (Å²) in [6.07, 6.45) is 6.50. The van der Waals surface area contributed by atoms with E-state index in [4.69, 9.17) is 11.6 Å². The Morgan fingerprint density at radius 2 is 2.24 bits per heavy atom. The third kappa shape index (κ3) is 4.69. The molecule has 2 rings (SSSR count). The molecular weight excluding hydrogens is 230 g/mol. The minimum absolute atomic E-state index is 0.626. The van der Waals surface area contributed by atoms with Gasteiger partial charge >= 0.3 is 0 Å². The Hall–Kier alpha value is -0.530. The number of hydrogen-bond donors (Lipinski definition) is 1. The summed E-state index contributed by atoms with van der Waals surface area (Å²) < 4.78 is 0. The Morgan fingerprint density at radius 3 is 2.88 bits per heavy atom. The molecule has 0 radical (unpaired) electrons. The van der Waals surface area contributed by atoms with E-state index in [1.807, 2.05) is 12.1 Å². The summed E-state index contributed by atoms with van der Waals surface area (Å²) in [6.45, 7) is 3.35. The molecule has 94 valence electrons. The maximum atomic E-state index is 6.03. The van der Waals surface area contributed by atoms with Crippen LogP contribution in [0.1, 0.15) is 38.2 Å². The minimum atomic E-state index is 0.626. The van der Waals surface area contributed by atoms with E-state index in [0.29, 0.717) is 6.04 Å². The van der Waals surface area contributed by atoms with Crippen molar-refractivity contribution >= 4 is 11.6 Å². The topological polar surface area (TPSA) is 12.0 Å². The highest BCUT2D eigenvalue weighted by Gasteiger charge is 2.25. The molecule has 1 unspecified atom stereocenters. The van der Waals surface area contributed by atoms with E-state index >= 15 is 0 Å². The van der Waals surface area contributed by atoms with Crippen molar-refractivity contribution in [2.75, 3.05) is 6.54 Å². The lowest BCUT2D eigenvalue weighted by molar-refractivity contribution is 0.455. The quantitative estimate of drug-likeness (QED) is 0.771. The SMILES string of the molecule is CCCNC(Cc1cccc(Cl)c1)CC1CC1. The van der Waals surface area contributed by atoms with Gasteiger partial charge in [0.25, 0.3) is 0 Å². The van der Waals surface area contributed by atoms with Gasteiger partial charge < -0.3 is 5.32 Å².